The minimum atomic E-state index is -1.11. The summed E-state index contributed by atoms with van der Waals surface area (Å²) in [5.74, 6) is -1.29. The summed E-state index contributed by atoms with van der Waals surface area (Å²) in [5.41, 5.74) is -0.314. The Morgan fingerprint density at radius 3 is 2.81 bits per heavy atom. The number of carbonyl (C=O) groups is 2. The second-order valence-corrected chi connectivity index (χ2v) is 5.75. The molecule has 1 aliphatic heterocycles. The number of halogens is 1. The number of nitrogens with one attached hydrogen (secondary N) is 2. The predicted octanol–water partition coefficient (Wildman–Crippen LogP) is 2.90. The number of benzene rings is 1. The summed E-state index contributed by atoms with van der Waals surface area (Å²) in [4.78, 5) is 23.8. The molecule has 0 bridgehead atoms. The summed E-state index contributed by atoms with van der Waals surface area (Å²) in [5, 5.41) is 15.5. The molecule has 3 N–H and O–H groups in total. The molecule has 5 nitrogen and oxygen atoms in total. The molecule has 0 aliphatic carbocycles. The average Bonchev–Trinajstić information content (AvgIpc) is 2.91. The van der Waals surface area contributed by atoms with Crippen molar-refractivity contribution in [1.29, 1.82) is 0 Å². The van der Waals surface area contributed by atoms with Crippen molar-refractivity contribution in [1.82, 2.24) is 5.32 Å². The number of carbonyl (C=O) groups excluding carboxylic acids is 1. The van der Waals surface area contributed by atoms with Crippen LogP contribution in [0.2, 0.25) is 5.02 Å². The molecule has 0 spiro atoms. The number of carboxylic acids is 1. The Morgan fingerprint density at radius 2 is 2.24 bits per heavy atom. The van der Waals surface area contributed by atoms with Crippen molar-refractivity contribution >= 4 is 29.2 Å². The quantitative estimate of drug-likeness (QED) is 0.781. The van der Waals surface area contributed by atoms with Gasteiger partial charge >= 0.3 is 5.97 Å². The molecule has 1 saturated heterocycles. The summed E-state index contributed by atoms with van der Waals surface area (Å²) < 4.78 is 0. The van der Waals surface area contributed by atoms with Crippen molar-refractivity contribution in [3.63, 3.8) is 0 Å². The van der Waals surface area contributed by atoms with E-state index in [-0.39, 0.29) is 17.2 Å². The number of hydrogen-bond acceptors (Lipinski definition) is 3. The maximum absolute atomic E-state index is 12.6. The van der Waals surface area contributed by atoms with E-state index in [0.717, 1.165) is 32.2 Å². The monoisotopic (exact) mass is 310 g/mol. The number of rotatable bonds is 5. The Labute approximate surface area is 128 Å². The van der Waals surface area contributed by atoms with Crippen LogP contribution in [0.1, 0.15) is 43.0 Å². The number of amides is 1. The van der Waals surface area contributed by atoms with Crippen molar-refractivity contribution in [3.05, 3.63) is 28.8 Å². The molecule has 0 radical (unpaired) electrons. The van der Waals surface area contributed by atoms with Gasteiger partial charge in [0, 0.05) is 5.02 Å². The summed E-state index contributed by atoms with van der Waals surface area (Å²) in [7, 11) is 0. The SMILES string of the molecule is CCCC1(C(=O)Nc2ccc(Cl)cc2C(=O)O)CCCN1. The Morgan fingerprint density at radius 1 is 1.48 bits per heavy atom. The molecule has 1 unspecified atom stereocenters. The van der Waals surface area contributed by atoms with Gasteiger partial charge in [0.1, 0.15) is 0 Å². The van der Waals surface area contributed by atoms with Gasteiger partial charge in [-0.05, 0) is 44.0 Å². The predicted molar refractivity (Wildman–Crippen MR) is 81.9 cm³/mol. The van der Waals surface area contributed by atoms with Gasteiger partial charge in [0.2, 0.25) is 5.91 Å². The van der Waals surface area contributed by atoms with Gasteiger partial charge in [-0.25, -0.2) is 4.79 Å². The summed E-state index contributed by atoms with van der Waals surface area (Å²) in [6.07, 6.45) is 3.32. The largest absolute Gasteiger partial charge is 0.478 e. The smallest absolute Gasteiger partial charge is 0.337 e. The summed E-state index contributed by atoms with van der Waals surface area (Å²) in [6.45, 7) is 2.83. The van der Waals surface area contributed by atoms with E-state index in [1.54, 1.807) is 6.07 Å². The lowest BCUT2D eigenvalue weighted by Crippen LogP contribution is -2.50. The molecule has 1 aromatic rings. The van der Waals surface area contributed by atoms with E-state index in [1.807, 2.05) is 6.92 Å². The van der Waals surface area contributed by atoms with Crippen LogP contribution in [-0.4, -0.2) is 29.1 Å². The van der Waals surface area contributed by atoms with Crippen molar-refractivity contribution in [3.8, 4) is 0 Å². The van der Waals surface area contributed by atoms with E-state index in [4.69, 9.17) is 11.6 Å². The fourth-order valence-electron chi connectivity index (χ4n) is 2.80. The van der Waals surface area contributed by atoms with Gasteiger partial charge in [-0.3, -0.25) is 4.79 Å². The highest BCUT2D eigenvalue weighted by molar-refractivity contribution is 6.31. The van der Waals surface area contributed by atoms with Crippen LogP contribution in [0.15, 0.2) is 18.2 Å². The Kier molecular flexibility index (Phi) is 4.85. The molecular formula is C15H19ClN2O3. The van der Waals surface area contributed by atoms with Gasteiger partial charge < -0.3 is 15.7 Å². The van der Waals surface area contributed by atoms with Gasteiger partial charge in [-0.1, -0.05) is 24.9 Å². The van der Waals surface area contributed by atoms with Crippen molar-refractivity contribution in [2.24, 2.45) is 0 Å². The first-order chi connectivity index (χ1) is 9.98. The van der Waals surface area contributed by atoms with Gasteiger partial charge in [0.25, 0.3) is 0 Å². The zero-order valence-corrected chi connectivity index (χ0v) is 12.7. The number of anilines is 1. The first kappa shape index (κ1) is 15.8. The lowest BCUT2D eigenvalue weighted by atomic mass is 9.90. The second kappa shape index (κ2) is 6.45. The maximum Gasteiger partial charge on any atom is 0.337 e. The van der Waals surface area contributed by atoms with Crippen LogP contribution < -0.4 is 10.6 Å². The van der Waals surface area contributed by atoms with Crippen molar-refractivity contribution in [2.75, 3.05) is 11.9 Å². The van der Waals surface area contributed by atoms with E-state index < -0.39 is 11.5 Å². The van der Waals surface area contributed by atoms with Gasteiger partial charge in [-0.2, -0.15) is 0 Å². The fourth-order valence-corrected chi connectivity index (χ4v) is 2.97. The molecule has 0 aromatic heterocycles. The first-order valence-corrected chi connectivity index (χ1v) is 7.45. The van der Waals surface area contributed by atoms with E-state index in [9.17, 15) is 14.7 Å². The lowest BCUT2D eigenvalue weighted by molar-refractivity contribution is -0.122. The van der Waals surface area contributed by atoms with Gasteiger partial charge in [-0.15, -0.1) is 0 Å². The molecule has 1 atom stereocenters. The van der Waals surface area contributed by atoms with Crippen LogP contribution >= 0.6 is 11.6 Å². The fraction of sp³-hybridized carbons (Fsp3) is 0.467. The highest BCUT2D eigenvalue weighted by atomic mass is 35.5. The van der Waals surface area contributed by atoms with Crippen LogP contribution in [0, 0.1) is 0 Å². The third-order valence-corrected chi connectivity index (χ3v) is 4.05. The average molecular weight is 311 g/mol. The number of carboxylic acid groups (broad SMARTS) is 1. The molecule has 114 valence electrons. The van der Waals surface area contributed by atoms with Crippen LogP contribution in [0.4, 0.5) is 5.69 Å². The molecule has 1 aromatic carbocycles. The minimum absolute atomic E-state index is 0.000459. The molecule has 1 fully saturated rings. The molecule has 21 heavy (non-hydrogen) atoms. The zero-order valence-electron chi connectivity index (χ0n) is 11.9. The standard InChI is InChI=1S/C15H19ClN2O3/c1-2-6-15(7-3-8-17-15)14(21)18-12-5-4-10(16)9-11(12)13(19)20/h4-5,9,17H,2-3,6-8H2,1H3,(H,18,21)(H,19,20). The molecule has 1 aliphatic rings. The third kappa shape index (κ3) is 3.36. The van der Waals surface area contributed by atoms with Crippen LogP contribution in [-0.2, 0) is 4.79 Å². The van der Waals surface area contributed by atoms with E-state index in [2.05, 4.69) is 10.6 Å². The first-order valence-electron chi connectivity index (χ1n) is 7.08. The van der Waals surface area contributed by atoms with Crippen molar-refractivity contribution in [2.45, 2.75) is 38.1 Å². The second-order valence-electron chi connectivity index (χ2n) is 5.31. The topological polar surface area (TPSA) is 78.4 Å². The van der Waals surface area contributed by atoms with Crippen LogP contribution in [0.3, 0.4) is 0 Å². The lowest BCUT2D eigenvalue weighted by Gasteiger charge is -2.28. The Balaban J connectivity index is 2.25. The molecular weight excluding hydrogens is 292 g/mol. The Hall–Kier alpha value is -1.59. The van der Waals surface area contributed by atoms with Crippen LogP contribution in [0.5, 0.6) is 0 Å². The molecule has 1 amide bonds. The van der Waals surface area contributed by atoms with Crippen LogP contribution in [0.25, 0.3) is 0 Å². The Bertz CT molecular complexity index is 554. The van der Waals surface area contributed by atoms with E-state index in [0.29, 0.717) is 5.02 Å². The molecule has 2 rings (SSSR count). The molecule has 6 heteroatoms. The zero-order chi connectivity index (χ0) is 15.5. The number of aromatic carboxylic acids is 1. The third-order valence-electron chi connectivity index (χ3n) is 3.82. The number of hydrogen-bond donors (Lipinski definition) is 3. The highest BCUT2D eigenvalue weighted by Crippen LogP contribution is 2.28. The highest BCUT2D eigenvalue weighted by Gasteiger charge is 2.40. The van der Waals surface area contributed by atoms with Crippen molar-refractivity contribution < 1.29 is 14.7 Å². The molecule has 0 saturated carbocycles. The summed E-state index contributed by atoms with van der Waals surface area (Å²) in [6, 6.07) is 4.44. The minimum Gasteiger partial charge on any atom is -0.478 e. The summed E-state index contributed by atoms with van der Waals surface area (Å²) >= 11 is 5.81. The molecule has 1 heterocycles. The van der Waals surface area contributed by atoms with E-state index >= 15 is 0 Å². The maximum atomic E-state index is 12.6. The van der Waals surface area contributed by atoms with E-state index in [1.165, 1.54) is 12.1 Å². The van der Waals surface area contributed by atoms with Gasteiger partial charge in [0.15, 0.2) is 0 Å². The van der Waals surface area contributed by atoms with Gasteiger partial charge in [0.05, 0.1) is 16.8 Å². The normalized spacial score (nSPS) is 21.2.